The predicted octanol–water partition coefficient (Wildman–Crippen LogP) is 0.632. The maximum Gasteiger partial charge on any atom is 0.327 e. The van der Waals surface area contributed by atoms with Crippen molar-refractivity contribution in [2.45, 2.75) is 13.0 Å². The number of carbonyl (C=O) groups excluding carboxylic acids is 2. The van der Waals surface area contributed by atoms with Gasteiger partial charge in [0.1, 0.15) is 6.54 Å². The van der Waals surface area contributed by atoms with Crippen molar-refractivity contribution in [3.63, 3.8) is 0 Å². The molecular weight excluding hydrogens is 260 g/mol. The summed E-state index contributed by atoms with van der Waals surface area (Å²) in [4.78, 5) is 26.8. The average Bonchev–Trinajstić information content (AvgIpc) is 2.86. The maximum atomic E-state index is 11.8. The van der Waals surface area contributed by atoms with Crippen LogP contribution in [0.2, 0.25) is 0 Å². The molecule has 2 heterocycles. The maximum absolute atomic E-state index is 11.8. The first-order valence-corrected chi connectivity index (χ1v) is 5.95. The molecule has 0 aliphatic rings. The number of aromatic nitrogens is 3. The quantitative estimate of drug-likeness (QED) is 0.808. The van der Waals surface area contributed by atoms with Crippen molar-refractivity contribution in [1.82, 2.24) is 14.8 Å². The number of pyridine rings is 1. The molecule has 0 unspecified atom stereocenters. The molecule has 2 aromatic heterocycles. The minimum Gasteiger partial charge on any atom is -0.468 e. The number of carbonyl (C=O) groups is 2. The number of nitrogens with zero attached hydrogens (tertiary/aromatic N) is 3. The summed E-state index contributed by atoms with van der Waals surface area (Å²) in [5, 5.41) is 6.65. The second-order valence-corrected chi connectivity index (χ2v) is 4.09. The summed E-state index contributed by atoms with van der Waals surface area (Å²) in [5.74, 6) is -0.572. The van der Waals surface area contributed by atoms with Crippen LogP contribution in [0.5, 0.6) is 0 Å². The Bertz CT molecular complexity index is 595. The van der Waals surface area contributed by atoms with E-state index >= 15 is 0 Å². The van der Waals surface area contributed by atoms with E-state index in [1.54, 1.807) is 24.7 Å². The van der Waals surface area contributed by atoms with E-state index in [1.165, 1.54) is 18.0 Å². The summed E-state index contributed by atoms with van der Waals surface area (Å²) >= 11 is 0. The second-order valence-electron chi connectivity index (χ2n) is 4.09. The highest BCUT2D eigenvalue weighted by atomic mass is 16.5. The van der Waals surface area contributed by atoms with Crippen molar-refractivity contribution in [3.8, 4) is 0 Å². The van der Waals surface area contributed by atoms with Gasteiger partial charge in [0, 0.05) is 18.6 Å². The Morgan fingerprint density at radius 3 is 2.95 bits per heavy atom. The number of anilines is 1. The normalized spacial score (nSPS) is 10.1. The lowest BCUT2D eigenvalue weighted by Gasteiger charge is -2.02. The smallest absolute Gasteiger partial charge is 0.327 e. The zero-order valence-electron chi connectivity index (χ0n) is 10.9. The number of nitrogens with one attached hydrogen (secondary N) is 1. The number of hydrogen-bond acceptors (Lipinski definition) is 5. The molecule has 0 atom stereocenters. The van der Waals surface area contributed by atoms with Gasteiger partial charge in [-0.05, 0) is 11.6 Å². The van der Waals surface area contributed by atoms with E-state index in [-0.39, 0.29) is 18.9 Å². The summed E-state index contributed by atoms with van der Waals surface area (Å²) in [6.45, 7) is 0.00890. The molecule has 0 fully saturated rings. The molecule has 1 N–H and O–H groups in total. The topological polar surface area (TPSA) is 86.1 Å². The fraction of sp³-hybridized carbons (Fsp3) is 0.231. The molecule has 0 radical (unpaired) electrons. The molecule has 7 nitrogen and oxygen atoms in total. The standard InChI is InChI=1S/C13H14N4O3/c1-20-13(19)9-17-8-11(7-15-17)16-12(18)5-10-3-2-4-14-6-10/h2-4,6-8H,5,9H2,1H3,(H,16,18). The van der Waals surface area contributed by atoms with Crippen LogP contribution in [0, 0.1) is 0 Å². The Kier molecular flexibility index (Phi) is 4.43. The van der Waals surface area contributed by atoms with E-state index in [0.717, 1.165) is 5.56 Å². The van der Waals surface area contributed by atoms with E-state index in [9.17, 15) is 9.59 Å². The number of amides is 1. The minimum absolute atomic E-state index is 0.00890. The molecular formula is C13H14N4O3. The van der Waals surface area contributed by atoms with Gasteiger partial charge in [-0.25, -0.2) is 0 Å². The number of esters is 1. The van der Waals surface area contributed by atoms with E-state index in [0.29, 0.717) is 5.69 Å². The molecule has 1 amide bonds. The molecule has 2 rings (SSSR count). The molecule has 0 aromatic carbocycles. The lowest BCUT2D eigenvalue weighted by atomic mass is 10.2. The molecule has 0 aliphatic heterocycles. The Morgan fingerprint density at radius 2 is 2.25 bits per heavy atom. The number of hydrogen-bond donors (Lipinski definition) is 1. The fourth-order valence-electron chi connectivity index (χ4n) is 1.60. The van der Waals surface area contributed by atoms with Crippen LogP contribution in [0.1, 0.15) is 5.56 Å². The zero-order chi connectivity index (χ0) is 14.4. The van der Waals surface area contributed by atoms with Crippen LogP contribution >= 0.6 is 0 Å². The first kappa shape index (κ1) is 13.7. The monoisotopic (exact) mass is 274 g/mol. The third-order valence-electron chi connectivity index (χ3n) is 2.52. The van der Waals surface area contributed by atoms with Gasteiger partial charge in [0.2, 0.25) is 5.91 Å². The third kappa shape index (κ3) is 3.91. The van der Waals surface area contributed by atoms with Crippen LogP contribution in [0.3, 0.4) is 0 Å². The molecule has 20 heavy (non-hydrogen) atoms. The Balaban J connectivity index is 1.90. The minimum atomic E-state index is -0.402. The van der Waals surface area contributed by atoms with Gasteiger partial charge in [0.15, 0.2) is 0 Å². The number of methoxy groups -OCH3 is 1. The second kappa shape index (κ2) is 6.46. The highest BCUT2D eigenvalue weighted by molar-refractivity contribution is 5.91. The van der Waals surface area contributed by atoms with Gasteiger partial charge in [-0.1, -0.05) is 6.07 Å². The van der Waals surface area contributed by atoms with Crippen molar-refractivity contribution < 1.29 is 14.3 Å². The van der Waals surface area contributed by atoms with E-state index in [4.69, 9.17) is 0 Å². The van der Waals surface area contributed by atoms with Crippen molar-refractivity contribution >= 4 is 17.6 Å². The van der Waals surface area contributed by atoms with Gasteiger partial charge >= 0.3 is 5.97 Å². The van der Waals surface area contributed by atoms with Gasteiger partial charge in [-0.2, -0.15) is 5.10 Å². The molecule has 0 aliphatic carbocycles. The molecule has 104 valence electrons. The summed E-state index contributed by atoms with van der Waals surface area (Å²) in [6, 6.07) is 3.60. The Labute approximate surface area is 115 Å². The first-order chi connectivity index (χ1) is 9.67. The fourth-order valence-corrected chi connectivity index (χ4v) is 1.60. The van der Waals surface area contributed by atoms with Gasteiger partial charge in [0.05, 0.1) is 25.4 Å². The summed E-state index contributed by atoms with van der Waals surface area (Å²) < 4.78 is 5.92. The molecule has 0 bridgehead atoms. The van der Waals surface area contributed by atoms with E-state index in [2.05, 4.69) is 20.1 Å². The largest absolute Gasteiger partial charge is 0.468 e. The van der Waals surface area contributed by atoms with Crippen LogP contribution in [0.15, 0.2) is 36.9 Å². The number of rotatable bonds is 5. The van der Waals surface area contributed by atoms with Crippen molar-refractivity contribution in [1.29, 1.82) is 0 Å². The molecule has 0 spiro atoms. The van der Waals surface area contributed by atoms with Gasteiger partial charge in [-0.3, -0.25) is 19.3 Å². The van der Waals surface area contributed by atoms with Crippen LogP contribution < -0.4 is 5.32 Å². The zero-order valence-corrected chi connectivity index (χ0v) is 10.9. The van der Waals surface area contributed by atoms with Gasteiger partial charge in [-0.15, -0.1) is 0 Å². The molecule has 7 heteroatoms. The predicted molar refractivity (Wildman–Crippen MR) is 70.8 cm³/mol. The van der Waals surface area contributed by atoms with E-state index < -0.39 is 5.97 Å². The summed E-state index contributed by atoms with van der Waals surface area (Å²) in [5.41, 5.74) is 1.36. The molecule has 0 saturated carbocycles. The van der Waals surface area contributed by atoms with Gasteiger partial charge < -0.3 is 10.1 Å². The number of ether oxygens (including phenoxy) is 1. The Morgan fingerprint density at radius 1 is 1.40 bits per heavy atom. The third-order valence-corrected chi connectivity index (χ3v) is 2.52. The van der Waals surface area contributed by atoms with Crippen molar-refractivity contribution in [3.05, 3.63) is 42.5 Å². The summed E-state index contributed by atoms with van der Waals surface area (Å²) in [7, 11) is 1.31. The highest BCUT2D eigenvalue weighted by Gasteiger charge is 2.08. The first-order valence-electron chi connectivity index (χ1n) is 5.95. The van der Waals surface area contributed by atoms with Crippen LogP contribution in [0.25, 0.3) is 0 Å². The van der Waals surface area contributed by atoms with Crippen molar-refractivity contribution in [2.75, 3.05) is 12.4 Å². The molecule has 0 saturated heterocycles. The van der Waals surface area contributed by atoms with Crippen molar-refractivity contribution in [2.24, 2.45) is 0 Å². The summed E-state index contributed by atoms with van der Waals surface area (Å²) in [6.07, 6.45) is 6.57. The van der Waals surface area contributed by atoms with Gasteiger partial charge in [0.25, 0.3) is 0 Å². The van der Waals surface area contributed by atoms with E-state index in [1.807, 2.05) is 6.07 Å². The molecule has 2 aromatic rings. The lowest BCUT2D eigenvalue weighted by molar-refractivity contribution is -0.141. The van der Waals surface area contributed by atoms with Crippen LogP contribution in [-0.4, -0.2) is 33.8 Å². The van der Waals surface area contributed by atoms with Crippen LogP contribution in [-0.2, 0) is 27.3 Å². The van der Waals surface area contributed by atoms with Crippen LogP contribution in [0.4, 0.5) is 5.69 Å². The lowest BCUT2D eigenvalue weighted by Crippen LogP contribution is -2.14. The highest BCUT2D eigenvalue weighted by Crippen LogP contribution is 2.06. The SMILES string of the molecule is COC(=O)Cn1cc(NC(=O)Cc2cccnc2)cn1. The average molecular weight is 274 g/mol. The Hall–Kier alpha value is -2.70.